The number of fused-ring (bicyclic) bond motifs is 2. The van der Waals surface area contributed by atoms with Gasteiger partial charge in [-0.1, -0.05) is 36.4 Å². The second-order valence-corrected chi connectivity index (χ2v) is 5.34. The minimum atomic E-state index is -0.484. The maximum atomic E-state index is 11.9. The van der Waals surface area contributed by atoms with Crippen LogP contribution in [0.4, 0.5) is 0 Å². The van der Waals surface area contributed by atoms with E-state index in [0.29, 0.717) is 22.2 Å². The highest BCUT2D eigenvalue weighted by molar-refractivity contribution is 6.03. The van der Waals surface area contributed by atoms with Crippen LogP contribution in [0.3, 0.4) is 0 Å². The summed E-state index contributed by atoms with van der Waals surface area (Å²) in [6.07, 6.45) is 0. The molecule has 4 aromatic rings. The molecular weight excluding hydrogens is 306 g/mol. The molecule has 1 heterocycles. The number of aromatic nitrogens is 1. The van der Waals surface area contributed by atoms with Gasteiger partial charge in [-0.2, -0.15) is 0 Å². The topological polar surface area (TPSA) is 72.6 Å². The van der Waals surface area contributed by atoms with Crippen molar-refractivity contribution in [3.05, 3.63) is 60.2 Å². The quantitative estimate of drug-likeness (QED) is 0.562. The van der Waals surface area contributed by atoms with Crippen molar-refractivity contribution in [1.29, 1.82) is 0 Å². The highest BCUT2D eigenvalue weighted by Gasteiger charge is 2.19. The Morgan fingerprint density at radius 1 is 1.08 bits per heavy atom. The van der Waals surface area contributed by atoms with Crippen molar-refractivity contribution in [3.8, 4) is 17.2 Å². The summed E-state index contributed by atoms with van der Waals surface area (Å²) in [5.74, 6) is -0.155. The number of aromatic hydroxyl groups is 1. The molecular formula is C19H13NO4. The van der Waals surface area contributed by atoms with Gasteiger partial charge in [0.1, 0.15) is 11.3 Å². The molecule has 0 aliphatic rings. The Labute approximate surface area is 137 Å². The summed E-state index contributed by atoms with van der Waals surface area (Å²) in [6, 6.07) is 16.1. The molecule has 118 valence electrons. The minimum Gasteiger partial charge on any atom is -0.507 e. The first-order chi connectivity index (χ1) is 11.7. The summed E-state index contributed by atoms with van der Waals surface area (Å²) in [4.78, 5) is 16.3. The highest BCUT2D eigenvalue weighted by Crippen LogP contribution is 2.37. The third kappa shape index (κ3) is 2.10. The minimum absolute atomic E-state index is 0.0693. The van der Waals surface area contributed by atoms with Crippen LogP contribution >= 0.6 is 0 Å². The van der Waals surface area contributed by atoms with Crippen LogP contribution in [-0.4, -0.2) is 23.2 Å². The van der Waals surface area contributed by atoms with Crippen molar-refractivity contribution in [2.45, 2.75) is 0 Å². The number of phenolic OH excluding ortho intramolecular Hbond substituents is 1. The van der Waals surface area contributed by atoms with Crippen molar-refractivity contribution < 1.29 is 19.1 Å². The first-order valence-electron chi connectivity index (χ1n) is 7.38. The number of phenols is 1. The Morgan fingerprint density at radius 2 is 1.92 bits per heavy atom. The average molecular weight is 319 g/mol. The molecule has 5 heteroatoms. The molecule has 0 saturated carbocycles. The fraction of sp³-hybridized carbons (Fsp3) is 0.0526. The van der Waals surface area contributed by atoms with Gasteiger partial charge < -0.3 is 14.3 Å². The number of esters is 1. The number of carbonyl (C=O) groups is 1. The van der Waals surface area contributed by atoms with Gasteiger partial charge in [0.2, 0.25) is 5.89 Å². The number of rotatable bonds is 2. The Kier molecular flexibility index (Phi) is 3.20. The van der Waals surface area contributed by atoms with E-state index >= 15 is 0 Å². The van der Waals surface area contributed by atoms with Crippen molar-refractivity contribution in [1.82, 2.24) is 4.98 Å². The number of ether oxygens (including phenoxy) is 1. The van der Waals surface area contributed by atoms with Crippen molar-refractivity contribution in [2.24, 2.45) is 0 Å². The van der Waals surface area contributed by atoms with E-state index in [9.17, 15) is 9.90 Å². The van der Waals surface area contributed by atoms with E-state index in [0.717, 1.165) is 10.8 Å². The molecule has 0 fully saturated rings. The van der Waals surface area contributed by atoms with Gasteiger partial charge >= 0.3 is 5.97 Å². The first-order valence-corrected chi connectivity index (χ1v) is 7.38. The van der Waals surface area contributed by atoms with Crippen molar-refractivity contribution >= 4 is 27.8 Å². The van der Waals surface area contributed by atoms with Gasteiger partial charge in [-0.05, 0) is 29.0 Å². The van der Waals surface area contributed by atoms with E-state index in [2.05, 4.69) is 4.98 Å². The van der Waals surface area contributed by atoms with Crippen LogP contribution in [0, 0.1) is 0 Å². The standard InChI is InChI=1S/C19H13NO4/c1-23-19(22)13-7-4-8-15-17(13)20-18(24-15)16-12-6-3-2-5-11(12)9-10-14(16)21/h2-10,21H,1H3. The zero-order valence-corrected chi connectivity index (χ0v) is 12.8. The summed E-state index contributed by atoms with van der Waals surface area (Å²) >= 11 is 0. The summed E-state index contributed by atoms with van der Waals surface area (Å²) in [5.41, 5.74) is 1.69. The van der Waals surface area contributed by atoms with Crippen LogP contribution in [0.25, 0.3) is 33.3 Å². The van der Waals surface area contributed by atoms with Gasteiger partial charge in [0.05, 0.1) is 18.2 Å². The molecule has 3 aromatic carbocycles. The molecule has 1 aromatic heterocycles. The molecule has 0 aliphatic carbocycles. The second-order valence-electron chi connectivity index (χ2n) is 5.34. The molecule has 0 amide bonds. The molecule has 0 bridgehead atoms. The summed E-state index contributed by atoms with van der Waals surface area (Å²) in [5, 5.41) is 12.1. The molecule has 0 aliphatic heterocycles. The molecule has 5 nitrogen and oxygen atoms in total. The number of carbonyl (C=O) groups excluding carboxylic acids is 1. The Morgan fingerprint density at radius 3 is 2.75 bits per heavy atom. The molecule has 24 heavy (non-hydrogen) atoms. The monoisotopic (exact) mass is 319 g/mol. The van der Waals surface area contributed by atoms with E-state index in [-0.39, 0.29) is 11.6 Å². The summed E-state index contributed by atoms with van der Waals surface area (Å²) < 4.78 is 10.6. The smallest absolute Gasteiger partial charge is 0.340 e. The lowest BCUT2D eigenvalue weighted by atomic mass is 10.0. The lowest BCUT2D eigenvalue weighted by molar-refractivity contribution is 0.0602. The molecule has 0 spiro atoms. The van der Waals surface area contributed by atoms with Crippen LogP contribution in [0.1, 0.15) is 10.4 Å². The number of methoxy groups -OCH3 is 1. The van der Waals surface area contributed by atoms with Crippen LogP contribution in [0.2, 0.25) is 0 Å². The normalized spacial score (nSPS) is 11.0. The third-order valence-electron chi connectivity index (χ3n) is 3.95. The fourth-order valence-corrected chi connectivity index (χ4v) is 2.81. The highest BCUT2D eigenvalue weighted by atomic mass is 16.5. The largest absolute Gasteiger partial charge is 0.507 e. The Hall–Kier alpha value is -3.34. The van der Waals surface area contributed by atoms with Gasteiger partial charge in [0, 0.05) is 0 Å². The van der Waals surface area contributed by atoms with Crippen LogP contribution in [-0.2, 0) is 4.74 Å². The summed E-state index contributed by atoms with van der Waals surface area (Å²) in [7, 11) is 1.32. The van der Waals surface area contributed by atoms with E-state index in [1.54, 1.807) is 24.3 Å². The van der Waals surface area contributed by atoms with Gasteiger partial charge in [-0.15, -0.1) is 0 Å². The number of hydrogen-bond donors (Lipinski definition) is 1. The zero-order valence-electron chi connectivity index (χ0n) is 12.8. The van der Waals surface area contributed by atoms with Gasteiger partial charge in [-0.3, -0.25) is 0 Å². The number of nitrogens with zero attached hydrogens (tertiary/aromatic N) is 1. The maximum Gasteiger partial charge on any atom is 0.340 e. The van der Waals surface area contributed by atoms with Crippen LogP contribution < -0.4 is 0 Å². The Bertz CT molecular complexity index is 1080. The number of para-hydroxylation sites is 1. The van der Waals surface area contributed by atoms with E-state index in [1.165, 1.54) is 7.11 Å². The molecule has 0 saturated heterocycles. The average Bonchev–Trinajstić information content (AvgIpc) is 3.04. The van der Waals surface area contributed by atoms with Gasteiger partial charge in [0.15, 0.2) is 5.58 Å². The second kappa shape index (κ2) is 5.38. The molecule has 1 N–H and O–H groups in total. The molecule has 4 rings (SSSR count). The third-order valence-corrected chi connectivity index (χ3v) is 3.95. The SMILES string of the molecule is COC(=O)c1cccc2oc(-c3c(O)ccc4ccccc34)nc12. The zero-order chi connectivity index (χ0) is 16.7. The maximum absolute atomic E-state index is 11.9. The molecule has 0 unspecified atom stereocenters. The first kappa shape index (κ1) is 14.3. The lowest BCUT2D eigenvalue weighted by Crippen LogP contribution is -2.01. The van der Waals surface area contributed by atoms with Crippen LogP contribution in [0.5, 0.6) is 5.75 Å². The predicted molar refractivity (Wildman–Crippen MR) is 90.0 cm³/mol. The van der Waals surface area contributed by atoms with Crippen molar-refractivity contribution in [2.75, 3.05) is 7.11 Å². The molecule has 0 radical (unpaired) electrons. The van der Waals surface area contributed by atoms with E-state index in [4.69, 9.17) is 9.15 Å². The number of oxazole rings is 1. The van der Waals surface area contributed by atoms with Crippen molar-refractivity contribution in [3.63, 3.8) is 0 Å². The van der Waals surface area contributed by atoms with Crippen LogP contribution in [0.15, 0.2) is 59.0 Å². The summed E-state index contributed by atoms with van der Waals surface area (Å²) in [6.45, 7) is 0. The molecule has 0 atom stereocenters. The van der Waals surface area contributed by atoms with E-state index in [1.807, 2.05) is 30.3 Å². The fourth-order valence-electron chi connectivity index (χ4n) is 2.81. The Balaban J connectivity index is 2.02. The van der Waals surface area contributed by atoms with E-state index < -0.39 is 5.97 Å². The number of benzene rings is 3. The van der Waals surface area contributed by atoms with Gasteiger partial charge in [-0.25, -0.2) is 9.78 Å². The lowest BCUT2D eigenvalue weighted by Gasteiger charge is -2.05. The number of hydrogen-bond acceptors (Lipinski definition) is 5. The predicted octanol–water partition coefficient (Wildman–Crippen LogP) is 4.14. The van der Waals surface area contributed by atoms with Gasteiger partial charge in [0.25, 0.3) is 0 Å².